The highest BCUT2D eigenvalue weighted by atomic mass is 16.5. The molecule has 1 fully saturated rings. The van der Waals surface area contributed by atoms with E-state index in [0.717, 1.165) is 12.0 Å². The summed E-state index contributed by atoms with van der Waals surface area (Å²) in [4.78, 5) is 32.2. The molecule has 0 radical (unpaired) electrons. The van der Waals surface area contributed by atoms with E-state index in [1.807, 2.05) is 30.3 Å². The van der Waals surface area contributed by atoms with Crippen LogP contribution in [0.1, 0.15) is 41.0 Å². The second-order valence-electron chi connectivity index (χ2n) is 8.16. The summed E-state index contributed by atoms with van der Waals surface area (Å²) in [6.45, 7) is 3.03. The van der Waals surface area contributed by atoms with Crippen molar-refractivity contribution < 1.29 is 24.1 Å². The maximum absolute atomic E-state index is 13.5. The second-order valence-corrected chi connectivity index (χ2v) is 8.16. The summed E-state index contributed by atoms with van der Waals surface area (Å²) < 4.78 is 17.8. The van der Waals surface area contributed by atoms with Crippen LogP contribution in [0.4, 0.5) is 0 Å². The van der Waals surface area contributed by atoms with Gasteiger partial charge in [-0.05, 0) is 31.0 Å². The third kappa shape index (κ3) is 4.72. The van der Waals surface area contributed by atoms with Gasteiger partial charge in [0.05, 0.1) is 14.2 Å². The monoisotopic (exact) mass is 479 g/mol. The van der Waals surface area contributed by atoms with Gasteiger partial charge in [0.1, 0.15) is 29.6 Å². The number of likely N-dealkylation sites (tertiary alicyclic amines) is 1. The number of aromatic nitrogens is 2. The van der Waals surface area contributed by atoms with Gasteiger partial charge < -0.3 is 24.2 Å². The molecule has 184 valence electrons. The fourth-order valence-corrected chi connectivity index (χ4v) is 4.42. The van der Waals surface area contributed by atoms with Gasteiger partial charge in [-0.2, -0.15) is 4.98 Å². The number of carbonyl (C=O) groups excluding carboxylic acids is 1. The van der Waals surface area contributed by atoms with Crippen LogP contribution in [0.3, 0.4) is 0 Å². The molecule has 0 bridgehead atoms. The SMILES string of the molecule is CCOCc1nc(=O)c(C(=O)N2CC[C@H](c3ccccc3)C2)c(O)n1-c1c(OC)cccc1OC. The molecular formula is C26H29N3O6. The molecule has 1 aliphatic heterocycles. The number of ether oxygens (including phenoxy) is 3. The van der Waals surface area contributed by atoms with Gasteiger partial charge in [-0.15, -0.1) is 0 Å². The molecule has 1 aromatic heterocycles. The number of carbonyl (C=O) groups is 1. The summed E-state index contributed by atoms with van der Waals surface area (Å²) in [5.74, 6) is -0.0842. The Labute approximate surface area is 203 Å². The average molecular weight is 480 g/mol. The van der Waals surface area contributed by atoms with Crippen molar-refractivity contribution in [1.29, 1.82) is 0 Å². The van der Waals surface area contributed by atoms with E-state index in [1.165, 1.54) is 18.8 Å². The normalized spacial score (nSPS) is 15.3. The summed E-state index contributed by atoms with van der Waals surface area (Å²) in [6, 6.07) is 15.0. The highest BCUT2D eigenvalue weighted by Gasteiger charge is 2.33. The molecule has 9 heteroatoms. The van der Waals surface area contributed by atoms with Crippen LogP contribution in [0.15, 0.2) is 53.3 Å². The maximum Gasteiger partial charge on any atom is 0.289 e. The lowest BCUT2D eigenvalue weighted by Gasteiger charge is -2.22. The van der Waals surface area contributed by atoms with Gasteiger partial charge in [-0.25, -0.2) is 0 Å². The summed E-state index contributed by atoms with van der Waals surface area (Å²) in [5.41, 5.74) is 0.241. The summed E-state index contributed by atoms with van der Waals surface area (Å²) in [7, 11) is 2.96. The molecule has 1 aliphatic rings. The van der Waals surface area contributed by atoms with E-state index >= 15 is 0 Å². The van der Waals surface area contributed by atoms with Crippen molar-refractivity contribution in [2.75, 3.05) is 33.9 Å². The number of nitrogens with zero attached hydrogens (tertiary/aromatic N) is 3. The predicted octanol–water partition coefficient (Wildman–Crippen LogP) is 3.12. The van der Waals surface area contributed by atoms with Gasteiger partial charge in [0.15, 0.2) is 5.56 Å². The van der Waals surface area contributed by atoms with Gasteiger partial charge in [0, 0.05) is 25.6 Å². The summed E-state index contributed by atoms with van der Waals surface area (Å²) in [5, 5.41) is 11.4. The topological polar surface area (TPSA) is 103 Å². The molecule has 0 saturated carbocycles. The lowest BCUT2D eigenvalue weighted by Crippen LogP contribution is -2.35. The van der Waals surface area contributed by atoms with Gasteiger partial charge >= 0.3 is 0 Å². The van der Waals surface area contributed by atoms with Crippen LogP contribution in [0, 0.1) is 0 Å². The van der Waals surface area contributed by atoms with Crippen molar-refractivity contribution >= 4 is 5.91 Å². The molecule has 1 amide bonds. The third-order valence-corrected chi connectivity index (χ3v) is 6.16. The van der Waals surface area contributed by atoms with E-state index in [4.69, 9.17) is 14.2 Å². The standard InChI is InChI=1S/C26H29N3O6/c1-4-35-16-21-27-24(30)22(25(31)28-14-13-18(15-28)17-9-6-5-7-10-17)26(32)29(21)23-19(33-2)11-8-12-20(23)34-3/h5-12,18,32H,4,13-16H2,1-3H3/t18-/m0/s1. The van der Waals surface area contributed by atoms with Crippen molar-refractivity contribution in [3.05, 3.63) is 75.8 Å². The number of aromatic hydroxyl groups is 1. The van der Waals surface area contributed by atoms with Gasteiger partial charge in [0.25, 0.3) is 11.5 Å². The Morgan fingerprint density at radius 3 is 2.40 bits per heavy atom. The average Bonchev–Trinajstić information content (AvgIpc) is 3.38. The van der Waals surface area contributed by atoms with Crippen LogP contribution in [0.2, 0.25) is 0 Å². The molecule has 1 N–H and O–H groups in total. The maximum atomic E-state index is 13.5. The number of amides is 1. The van der Waals surface area contributed by atoms with E-state index in [-0.39, 0.29) is 18.3 Å². The first-order valence-corrected chi connectivity index (χ1v) is 11.5. The number of hydrogen-bond acceptors (Lipinski definition) is 7. The van der Waals surface area contributed by atoms with Crippen LogP contribution >= 0.6 is 0 Å². The first kappa shape index (κ1) is 24.3. The van der Waals surface area contributed by atoms with E-state index in [2.05, 4.69) is 4.98 Å². The molecular weight excluding hydrogens is 450 g/mol. The fourth-order valence-electron chi connectivity index (χ4n) is 4.42. The lowest BCUT2D eigenvalue weighted by atomic mass is 9.99. The highest BCUT2D eigenvalue weighted by Crippen LogP contribution is 2.37. The van der Waals surface area contributed by atoms with E-state index < -0.39 is 22.9 Å². The van der Waals surface area contributed by atoms with Crippen molar-refractivity contribution in [1.82, 2.24) is 14.5 Å². The largest absolute Gasteiger partial charge is 0.494 e. The van der Waals surface area contributed by atoms with E-state index in [1.54, 1.807) is 30.0 Å². The number of hydrogen-bond donors (Lipinski definition) is 1. The van der Waals surface area contributed by atoms with Crippen LogP contribution in [0.5, 0.6) is 17.4 Å². The number of benzene rings is 2. The second kappa shape index (κ2) is 10.6. The third-order valence-electron chi connectivity index (χ3n) is 6.16. The zero-order valence-electron chi connectivity index (χ0n) is 20.1. The Kier molecular flexibility index (Phi) is 7.36. The number of methoxy groups -OCH3 is 2. The van der Waals surface area contributed by atoms with Gasteiger partial charge in [-0.1, -0.05) is 36.4 Å². The van der Waals surface area contributed by atoms with Crippen molar-refractivity contribution in [2.45, 2.75) is 25.9 Å². The van der Waals surface area contributed by atoms with Crippen LogP contribution < -0.4 is 15.0 Å². The minimum Gasteiger partial charge on any atom is -0.494 e. The first-order valence-electron chi connectivity index (χ1n) is 11.5. The van der Waals surface area contributed by atoms with Gasteiger partial charge in [0.2, 0.25) is 5.88 Å². The van der Waals surface area contributed by atoms with Crippen molar-refractivity contribution in [3.8, 4) is 23.1 Å². The van der Waals surface area contributed by atoms with Gasteiger partial charge in [-0.3, -0.25) is 14.2 Å². The fraction of sp³-hybridized carbons (Fsp3) is 0.346. The van der Waals surface area contributed by atoms with Crippen LogP contribution in [-0.4, -0.2) is 59.4 Å². The summed E-state index contributed by atoms with van der Waals surface area (Å²) in [6.07, 6.45) is 0.765. The minimum absolute atomic E-state index is 0.0607. The predicted molar refractivity (Wildman–Crippen MR) is 130 cm³/mol. The zero-order valence-corrected chi connectivity index (χ0v) is 20.1. The van der Waals surface area contributed by atoms with Crippen LogP contribution in [0.25, 0.3) is 5.69 Å². The summed E-state index contributed by atoms with van der Waals surface area (Å²) >= 11 is 0. The highest BCUT2D eigenvalue weighted by molar-refractivity contribution is 5.96. The smallest absolute Gasteiger partial charge is 0.289 e. The molecule has 2 aromatic carbocycles. The molecule has 3 aromatic rings. The Morgan fingerprint density at radius 1 is 1.09 bits per heavy atom. The first-order chi connectivity index (χ1) is 17.0. The lowest BCUT2D eigenvalue weighted by molar-refractivity contribution is 0.0782. The quantitative estimate of drug-likeness (QED) is 0.529. The molecule has 1 saturated heterocycles. The van der Waals surface area contributed by atoms with Crippen molar-refractivity contribution in [3.63, 3.8) is 0 Å². The molecule has 9 nitrogen and oxygen atoms in total. The number of para-hydroxylation sites is 1. The molecule has 2 heterocycles. The molecule has 0 spiro atoms. The van der Waals surface area contributed by atoms with E-state index in [9.17, 15) is 14.7 Å². The Hall–Kier alpha value is -3.85. The van der Waals surface area contributed by atoms with E-state index in [0.29, 0.717) is 36.9 Å². The Balaban J connectivity index is 1.80. The number of rotatable bonds is 8. The molecule has 0 unspecified atom stereocenters. The minimum atomic E-state index is -0.810. The molecule has 35 heavy (non-hydrogen) atoms. The zero-order chi connectivity index (χ0) is 24.9. The van der Waals surface area contributed by atoms with Crippen LogP contribution in [-0.2, 0) is 11.3 Å². The van der Waals surface area contributed by atoms with Crippen molar-refractivity contribution in [2.24, 2.45) is 0 Å². The Bertz CT molecular complexity index is 1240. The molecule has 0 aliphatic carbocycles. The molecule has 4 rings (SSSR count). The Morgan fingerprint density at radius 2 is 1.77 bits per heavy atom. The molecule has 1 atom stereocenters.